The van der Waals surface area contributed by atoms with E-state index >= 15 is 0 Å². The Bertz CT molecular complexity index is 700. The van der Waals surface area contributed by atoms with Crippen molar-refractivity contribution in [2.75, 3.05) is 7.11 Å². The van der Waals surface area contributed by atoms with Gasteiger partial charge in [-0.3, -0.25) is 4.99 Å². The second-order valence-electron chi connectivity index (χ2n) is 4.11. The number of nitrogens with zero attached hydrogens (tertiary/aromatic N) is 2. The van der Waals surface area contributed by atoms with Gasteiger partial charge >= 0.3 is 5.97 Å². The number of carbonyl (C=O) groups is 1. The molecule has 0 bridgehead atoms. The van der Waals surface area contributed by atoms with Crippen molar-refractivity contribution < 1.29 is 19.4 Å². The molecule has 0 atom stereocenters. The lowest BCUT2D eigenvalue weighted by Crippen LogP contribution is -2.07. The van der Waals surface area contributed by atoms with E-state index in [-0.39, 0.29) is 11.6 Å². The molecule has 1 heterocycles. The van der Waals surface area contributed by atoms with Gasteiger partial charge in [-0.2, -0.15) is 0 Å². The summed E-state index contributed by atoms with van der Waals surface area (Å²) in [5.74, 6) is -0.0751. The van der Waals surface area contributed by atoms with E-state index in [1.807, 2.05) is 0 Å². The molecule has 1 aromatic carbocycles. The topological polar surface area (TPSA) is 80.5 Å². The van der Waals surface area contributed by atoms with E-state index in [1.54, 1.807) is 30.5 Å². The highest BCUT2D eigenvalue weighted by Gasteiger charge is 2.04. The number of methoxy groups -OCH3 is 1. The first kappa shape index (κ1) is 15.2. The highest BCUT2D eigenvalue weighted by atomic mass is 16.5. The maximum atomic E-state index is 11.7. The van der Waals surface area contributed by atoms with Crippen molar-refractivity contribution >= 4 is 24.2 Å². The summed E-state index contributed by atoms with van der Waals surface area (Å²) in [7, 11) is 1.45. The molecule has 0 saturated heterocycles. The van der Waals surface area contributed by atoms with Gasteiger partial charge in [0, 0.05) is 30.8 Å². The number of phenols is 1. The van der Waals surface area contributed by atoms with E-state index in [0.29, 0.717) is 11.3 Å². The first-order valence-electron chi connectivity index (χ1n) is 6.38. The van der Waals surface area contributed by atoms with Crippen molar-refractivity contribution in [3.63, 3.8) is 0 Å². The van der Waals surface area contributed by atoms with Gasteiger partial charge in [-0.1, -0.05) is 6.07 Å². The lowest BCUT2D eigenvalue weighted by Gasteiger charge is -2.03. The molecule has 1 N–H and O–H groups in total. The smallest absolute Gasteiger partial charge is 0.337 e. The summed E-state index contributed by atoms with van der Waals surface area (Å²) in [6.45, 7) is 0. The Hall–Kier alpha value is -3.15. The average molecular weight is 298 g/mol. The quantitative estimate of drug-likeness (QED) is 0.686. The second-order valence-corrected chi connectivity index (χ2v) is 4.11. The van der Waals surface area contributed by atoms with Gasteiger partial charge in [-0.15, -0.1) is 0 Å². The van der Waals surface area contributed by atoms with Gasteiger partial charge in [-0.05, 0) is 29.8 Å². The van der Waals surface area contributed by atoms with Gasteiger partial charge in [0.05, 0.1) is 7.11 Å². The molecule has 0 aromatic heterocycles. The van der Waals surface area contributed by atoms with Gasteiger partial charge in [0.25, 0.3) is 0 Å². The van der Waals surface area contributed by atoms with Gasteiger partial charge in [0.1, 0.15) is 0 Å². The van der Waals surface area contributed by atoms with Gasteiger partial charge in [0.2, 0.25) is 5.90 Å². The first-order valence-corrected chi connectivity index (χ1v) is 6.38. The summed E-state index contributed by atoms with van der Waals surface area (Å²) in [6.07, 6.45) is 10.4. The van der Waals surface area contributed by atoms with Crippen LogP contribution in [0.3, 0.4) is 0 Å². The molecule has 0 fully saturated rings. The van der Waals surface area contributed by atoms with Crippen molar-refractivity contribution in [1.82, 2.24) is 0 Å². The Morgan fingerprint density at radius 3 is 3.00 bits per heavy atom. The number of aliphatic imine (C=N–C) groups is 2. The Morgan fingerprint density at radius 1 is 1.32 bits per heavy atom. The van der Waals surface area contributed by atoms with Gasteiger partial charge in [0.15, 0.2) is 11.5 Å². The van der Waals surface area contributed by atoms with E-state index in [1.165, 1.54) is 37.7 Å². The van der Waals surface area contributed by atoms with Gasteiger partial charge in [-0.25, -0.2) is 9.79 Å². The highest BCUT2D eigenvalue weighted by molar-refractivity contribution is 6.01. The molecule has 0 unspecified atom stereocenters. The normalized spacial score (nSPS) is 20.3. The highest BCUT2D eigenvalue weighted by Crippen LogP contribution is 2.26. The standard InChI is InChI=1S/C16H14N2O4/c1-21-14-11-12(3-5-13(14)19)4-6-16(20)22-15-7-10-17-8-2-9-18-15/h2-11,19H,1H3/b6-4?,8-2?,9-2-,10-7-,15-7?,17-8-,17-10?,18-9?,18-15+. The van der Waals surface area contributed by atoms with Crippen molar-refractivity contribution in [2.45, 2.75) is 0 Å². The largest absolute Gasteiger partial charge is 0.504 e. The third-order valence-corrected chi connectivity index (χ3v) is 2.58. The molecule has 0 aliphatic carbocycles. The van der Waals surface area contributed by atoms with Crippen LogP contribution >= 0.6 is 0 Å². The molecule has 6 heteroatoms. The summed E-state index contributed by atoms with van der Waals surface area (Å²) >= 11 is 0. The van der Waals surface area contributed by atoms with E-state index in [4.69, 9.17) is 9.47 Å². The summed E-state index contributed by atoms with van der Waals surface area (Å²) in [5, 5.41) is 9.50. The number of ether oxygens (including phenoxy) is 2. The Morgan fingerprint density at radius 2 is 2.18 bits per heavy atom. The van der Waals surface area contributed by atoms with Crippen molar-refractivity contribution in [2.24, 2.45) is 9.98 Å². The first-order chi connectivity index (χ1) is 10.7. The predicted octanol–water partition coefficient (Wildman–Crippen LogP) is 2.47. The third kappa shape index (κ3) is 4.45. The van der Waals surface area contributed by atoms with Crippen LogP contribution in [0.25, 0.3) is 6.08 Å². The summed E-state index contributed by atoms with van der Waals surface area (Å²) in [6, 6.07) is 4.73. The molecule has 6 nitrogen and oxygen atoms in total. The van der Waals surface area contributed by atoms with Crippen LogP contribution in [-0.4, -0.2) is 30.3 Å². The van der Waals surface area contributed by atoms with Crippen LogP contribution in [0, 0.1) is 0 Å². The fourth-order valence-electron chi connectivity index (χ4n) is 1.56. The zero-order chi connectivity index (χ0) is 15.8. The number of rotatable bonds is 3. The zero-order valence-electron chi connectivity index (χ0n) is 11.8. The molecule has 1 aromatic rings. The van der Waals surface area contributed by atoms with Crippen molar-refractivity contribution in [1.29, 1.82) is 0 Å². The number of phenolic OH excluding ortho intramolecular Hbond substituents is 1. The molecule has 112 valence electrons. The molecule has 0 spiro atoms. The molecule has 2 rings (SSSR count). The molecule has 0 amide bonds. The van der Waals surface area contributed by atoms with Crippen LogP contribution in [0.5, 0.6) is 11.5 Å². The van der Waals surface area contributed by atoms with Crippen molar-refractivity contribution in [3.8, 4) is 11.5 Å². The Balaban J connectivity index is 2.02. The fraction of sp³-hybridized carbons (Fsp3) is 0.0625. The Labute approximate surface area is 127 Å². The van der Waals surface area contributed by atoms with Crippen LogP contribution in [-0.2, 0) is 9.53 Å². The maximum Gasteiger partial charge on any atom is 0.337 e. The summed E-state index contributed by atoms with van der Waals surface area (Å²) in [4.78, 5) is 19.6. The molecule has 1 aliphatic rings. The van der Waals surface area contributed by atoms with Crippen LogP contribution in [0.2, 0.25) is 0 Å². The lowest BCUT2D eigenvalue weighted by molar-refractivity contribution is -0.129. The number of hydrogen-bond acceptors (Lipinski definition) is 6. The number of carbonyl (C=O) groups excluding carboxylic acids is 1. The second kappa shape index (κ2) is 7.58. The van der Waals surface area contributed by atoms with Crippen LogP contribution < -0.4 is 4.74 Å². The van der Waals surface area contributed by atoms with E-state index in [9.17, 15) is 9.90 Å². The SMILES string of the molecule is COc1cc(C=CC(=O)OC2=N/C=C\C=N/C=C\2)ccc1O. The number of benzene rings is 1. The zero-order valence-corrected chi connectivity index (χ0v) is 11.8. The molecule has 22 heavy (non-hydrogen) atoms. The maximum absolute atomic E-state index is 11.7. The summed E-state index contributed by atoms with van der Waals surface area (Å²) in [5.41, 5.74) is 0.686. The third-order valence-electron chi connectivity index (χ3n) is 2.58. The van der Waals surface area contributed by atoms with Crippen molar-refractivity contribution in [3.05, 3.63) is 54.4 Å². The minimum absolute atomic E-state index is 0.0311. The number of hydrogen-bond donors (Lipinski definition) is 1. The minimum atomic E-state index is -0.576. The van der Waals surface area contributed by atoms with E-state index in [0.717, 1.165) is 0 Å². The predicted molar refractivity (Wildman–Crippen MR) is 84.0 cm³/mol. The molecule has 1 aliphatic heterocycles. The number of aromatic hydroxyl groups is 1. The van der Waals surface area contributed by atoms with E-state index < -0.39 is 5.97 Å². The number of allylic oxidation sites excluding steroid dienone is 1. The van der Waals surface area contributed by atoms with E-state index in [2.05, 4.69) is 9.98 Å². The molecule has 0 radical (unpaired) electrons. The minimum Gasteiger partial charge on any atom is -0.504 e. The van der Waals surface area contributed by atoms with Gasteiger partial charge < -0.3 is 14.6 Å². The molecular weight excluding hydrogens is 284 g/mol. The van der Waals surface area contributed by atoms with Crippen LogP contribution in [0.15, 0.2) is 58.8 Å². The van der Waals surface area contributed by atoms with Crippen LogP contribution in [0.4, 0.5) is 0 Å². The average Bonchev–Trinajstić information content (AvgIpc) is 2.49. The summed E-state index contributed by atoms with van der Waals surface area (Å²) < 4.78 is 10.1. The van der Waals surface area contributed by atoms with Crippen LogP contribution in [0.1, 0.15) is 5.56 Å². The lowest BCUT2D eigenvalue weighted by atomic mass is 10.2. The molecule has 0 saturated carbocycles. The monoisotopic (exact) mass is 298 g/mol. The number of esters is 1. The fourth-order valence-corrected chi connectivity index (χ4v) is 1.56. The Kier molecular flexibility index (Phi) is 5.25. The molecular formula is C16H14N2O4.